The molecule has 0 aromatic rings. The van der Waals surface area contributed by atoms with Gasteiger partial charge < -0.3 is 24.4 Å². The van der Waals surface area contributed by atoms with Gasteiger partial charge in [0.2, 0.25) is 0 Å². The molecule has 1 fully saturated rings. The summed E-state index contributed by atoms with van der Waals surface area (Å²) < 4.78 is 16.3. The second kappa shape index (κ2) is 8.82. The highest BCUT2D eigenvalue weighted by Gasteiger charge is 2.40. The summed E-state index contributed by atoms with van der Waals surface area (Å²) in [6.45, 7) is 5.35. The molecule has 108 valence electrons. The first-order chi connectivity index (χ1) is 8.70. The standard InChI is InChI=1S/C13H26O5/c1-3-5-7-16-11-10(14)9-18-13(15)12(11)17-8-6-4-2/h10-15H,3-9H2,1-2H3/t10-,11+,12-,13+/m0/s1. The van der Waals surface area contributed by atoms with E-state index in [0.29, 0.717) is 13.2 Å². The van der Waals surface area contributed by atoms with Crippen molar-refractivity contribution in [3.05, 3.63) is 0 Å². The predicted molar refractivity (Wildman–Crippen MR) is 67.3 cm³/mol. The summed E-state index contributed by atoms with van der Waals surface area (Å²) in [6, 6.07) is 0. The van der Waals surface area contributed by atoms with Gasteiger partial charge in [0, 0.05) is 13.2 Å². The van der Waals surface area contributed by atoms with Crippen LogP contribution in [0, 0.1) is 0 Å². The second-order valence-electron chi connectivity index (χ2n) is 4.67. The van der Waals surface area contributed by atoms with Crippen LogP contribution in [0.4, 0.5) is 0 Å². The quantitative estimate of drug-likeness (QED) is 0.640. The highest BCUT2D eigenvalue weighted by molar-refractivity contribution is 4.85. The van der Waals surface area contributed by atoms with E-state index in [4.69, 9.17) is 14.2 Å². The van der Waals surface area contributed by atoms with Crippen LogP contribution in [0.1, 0.15) is 39.5 Å². The molecule has 0 unspecified atom stereocenters. The third kappa shape index (κ3) is 4.82. The Hall–Kier alpha value is -0.200. The summed E-state index contributed by atoms with van der Waals surface area (Å²) in [4.78, 5) is 0. The van der Waals surface area contributed by atoms with Crippen LogP contribution in [-0.4, -0.2) is 54.6 Å². The minimum atomic E-state index is -1.02. The number of unbranched alkanes of at least 4 members (excludes halogenated alkanes) is 2. The largest absolute Gasteiger partial charge is 0.388 e. The fourth-order valence-electron chi connectivity index (χ4n) is 1.88. The summed E-state index contributed by atoms with van der Waals surface area (Å²) in [5, 5.41) is 19.6. The molecule has 2 N–H and O–H groups in total. The maximum Gasteiger partial charge on any atom is 0.183 e. The Morgan fingerprint density at radius 3 is 2.11 bits per heavy atom. The third-order valence-corrected chi connectivity index (χ3v) is 3.04. The summed E-state index contributed by atoms with van der Waals surface area (Å²) in [5.74, 6) is 0. The van der Waals surface area contributed by atoms with E-state index in [1.165, 1.54) is 0 Å². The zero-order valence-electron chi connectivity index (χ0n) is 11.4. The molecule has 0 amide bonds. The molecule has 5 heteroatoms. The molecular weight excluding hydrogens is 236 g/mol. The molecule has 5 nitrogen and oxygen atoms in total. The number of ether oxygens (including phenoxy) is 3. The first-order valence-electron chi connectivity index (χ1n) is 6.91. The summed E-state index contributed by atoms with van der Waals surface area (Å²) in [5.41, 5.74) is 0. The SMILES string of the molecule is CCCCO[C@H]1[C@H](OCCCC)[C@@H](O)CO[C@H]1O. The number of hydrogen-bond donors (Lipinski definition) is 2. The van der Waals surface area contributed by atoms with Gasteiger partial charge in [-0.2, -0.15) is 0 Å². The lowest BCUT2D eigenvalue weighted by molar-refractivity contribution is -0.274. The lowest BCUT2D eigenvalue weighted by atomic mass is 10.0. The topological polar surface area (TPSA) is 68.2 Å². The van der Waals surface area contributed by atoms with Crippen LogP contribution >= 0.6 is 0 Å². The number of rotatable bonds is 8. The normalized spacial score (nSPS) is 32.7. The van der Waals surface area contributed by atoms with Gasteiger partial charge in [-0.15, -0.1) is 0 Å². The van der Waals surface area contributed by atoms with Gasteiger partial charge in [-0.25, -0.2) is 0 Å². The lowest BCUT2D eigenvalue weighted by Crippen LogP contribution is -2.55. The Kier molecular flexibility index (Phi) is 7.77. The Morgan fingerprint density at radius 1 is 1.00 bits per heavy atom. The maximum atomic E-state index is 9.87. The van der Waals surface area contributed by atoms with Crippen molar-refractivity contribution in [3.63, 3.8) is 0 Å². The van der Waals surface area contributed by atoms with Crippen molar-refractivity contribution in [2.75, 3.05) is 19.8 Å². The van der Waals surface area contributed by atoms with Gasteiger partial charge in [0.05, 0.1) is 6.61 Å². The predicted octanol–water partition coefficient (Wildman–Crippen LogP) is 1.07. The van der Waals surface area contributed by atoms with E-state index in [0.717, 1.165) is 25.7 Å². The van der Waals surface area contributed by atoms with Crippen LogP contribution in [0.2, 0.25) is 0 Å². The van der Waals surface area contributed by atoms with Crippen molar-refractivity contribution in [3.8, 4) is 0 Å². The van der Waals surface area contributed by atoms with Crippen molar-refractivity contribution >= 4 is 0 Å². The van der Waals surface area contributed by atoms with E-state index in [2.05, 4.69) is 13.8 Å². The zero-order valence-corrected chi connectivity index (χ0v) is 11.4. The van der Waals surface area contributed by atoms with Crippen LogP contribution in [0.25, 0.3) is 0 Å². The molecule has 0 spiro atoms. The monoisotopic (exact) mass is 262 g/mol. The number of aliphatic hydroxyl groups excluding tert-OH is 2. The van der Waals surface area contributed by atoms with E-state index in [-0.39, 0.29) is 6.61 Å². The number of aliphatic hydroxyl groups is 2. The average molecular weight is 262 g/mol. The van der Waals surface area contributed by atoms with Crippen molar-refractivity contribution < 1.29 is 24.4 Å². The summed E-state index contributed by atoms with van der Waals surface area (Å²) in [7, 11) is 0. The van der Waals surface area contributed by atoms with Crippen molar-refractivity contribution in [2.24, 2.45) is 0 Å². The Labute approximate surface area is 109 Å². The van der Waals surface area contributed by atoms with E-state index >= 15 is 0 Å². The Balaban J connectivity index is 2.47. The fraction of sp³-hybridized carbons (Fsp3) is 1.00. The molecule has 1 rings (SSSR count). The van der Waals surface area contributed by atoms with Crippen molar-refractivity contribution in [1.82, 2.24) is 0 Å². The van der Waals surface area contributed by atoms with E-state index in [9.17, 15) is 10.2 Å². The molecule has 4 atom stereocenters. The lowest BCUT2D eigenvalue weighted by Gasteiger charge is -2.38. The molecule has 0 radical (unpaired) electrons. The highest BCUT2D eigenvalue weighted by Crippen LogP contribution is 2.21. The van der Waals surface area contributed by atoms with Crippen LogP contribution in [-0.2, 0) is 14.2 Å². The van der Waals surface area contributed by atoms with Crippen molar-refractivity contribution in [1.29, 1.82) is 0 Å². The van der Waals surface area contributed by atoms with Crippen molar-refractivity contribution in [2.45, 2.75) is 64.1 Å². The molecule has 0 bridgehead atoms. The fourth-order valence-corrected chi connectivity index (χ4v) is 1.88. The molecule has 1 aliphatic rings. The van der Waals surface area contributed by atoms with Crippen LogP contribution < -0.4 is 0 Å². The molecular formula is C13H26O5. The van der Waals surface area contributed by atoms with Crippen LogP contribution in [0.5, 0.6) is 0 Å². The molecule has 1 saturated heterocycles. The van der Waals surface area contributed by atoms with Gasteiger partial charge in [-0.05, 0) is 12.8 Å². The summed E-state index contributed by atoms with van der Waals surface area (Å²) >= 11 is 0. The molecule has 0 saturated carbocycles. The molecule has 0 aliphatic carbocycles. The highest BCUT2D eigenvalue weighted by atomic mass is 16.7. The van der Waals surface area contributed by atoms with Crippen LogP contribution in [0.15, 0.2) is 0 Å². The van der Waals surface area contributed by atoms with Crippen LogP contribution in [0.3, 0.4) is 0 Å². The molecule has 0 aromatic carbocycles. The first-order valence-corrected chi connectivity index (χ1v) is 6.91. The Bertz CT molecular complexity index is 190. The van der Waals surface area contributed by atoms with Gasteiger partial charge in [0.15, 0.2) is 6.29 Å². The number of hydrogen-bond acceptors (Lipinski definition) is 5. The van der Waals surface area contributed by atoms with Gasteiger partial charge >= 0.3 is 0 Å². The smallest absolute Gasteiger partial charge is 0.183 e. The van der Waals surface area contributed by atoms with E-state index in [1.807, 2.05) is 0 Å². The maximum absolute atomic E-state index is 9.87. The zero-order chi connectivity index (χ0) is 13.4. The molecule has 0 aromatic heterocycles. The third-order valence-electron chi connectivity index (χ3n) is 3.04. The first kappa shape index (κ1) is 15.9. The summed E-state index contributed by atoms with van der Waals surface area (Å²) in [6.07, 6.45) is 1.04. The second-order valence-corrected chi connectivity index (χ2v) is 4.67. The Morgan fingerprint density at radius 2 is 1.56 bits per heavy atom. The minimum Gasteiger partial charge on any atom is -0.388 e. The molecule has 1 aliphatic heterocycles. The average Bonchev–Trinajstić information content (AvgIpc) is 2.36. The molecule has 1 heterocycles. The van der Waals surface area contributed by atoms with E-state index < -0.39 is 24.6 Å². The van der Waals surface area contributed by atoms with Gasteiger partial charge in [0.1, 0.15) is 18.3 Å². The van der Waals surface area contributed by atoms with E-state index in [1.54, 1.807) is 0 Å². The van der Waals surface area contributed by atoms with Gasteiger partial charge in [0.25, 0.3) is 0 Å². The van der Waals surface area contributed by atoms with Gasteiger partial charge in [-0.3, -0.25) is 0 Å². The minimum absolute atomic E-state index is 0.0889. The molecule has 18 heavy (non-hydrogen) atoms. The van der Waals surface area contributed by atoms with Gasteiger partial charge in [-0.1, -0.05) is 26.7 Å².